The Morgan fingerprint density at radius 3 is 0.886 bits per heavy atom. The lowest BCUT2D eigenvalue weighted by atomic mass is 9.90. The van der Waals surface area contributed by atoms with E-state index in [1.54, 1.807) is 0 Å². The van der Waals surface area contributed by atoms with Gasteiger partial charge in [0.05, 0.1) is 12.9 Å². The normalized spacial score (nSPS) is 19.8. The number of nitrogens with one attached hydrogen (secondary N) is 2. The number of carbonyl (C=O) groups excluding carboxylic acids is 2. The molecule has 0 atom stereocenters. The first kappa shape index (κ1) is 77.4. The number of alkyl carbamates (subject to hydrolysis) is 2. The van der Waals surface area contributed by atoms with Gasteiger partial charge in [0.25, 0.3) is 10.1 Å². The van der Waals surface area contributed by atoms with Crippen LogP contribution in [0.5, 0.6) is 0 Å². The Kier molecular flexibility index (Phi) is 53.2. The minimum Gasteiger partial charge on any atom is -0.444 e. The summed E-state index contributed by atoms with van der Waals surface area (Å²) in [4.78, 5) is 22.5. The molecule has 0 bridgehead atoms. The third-order valence-electron chi connectivity index (χ3n) is 16.0. The summed E-state index contributed by atoms with van der Waals surface area (Å²) in [6, 6.07) is 0. The highest BCUT2D eigenvalue weighted by molar-refractivity contribution is 7.85. The molecular weight excluding hydrogens is 1000 g/mol. The quantitative estimate of drug-likeness (QED) is 0.0976. The van der Waals surface area contributed by atoms with E-state index in [2.05, 4.69) is 10.6 Å². The van der Waals surface area contributed by atoms with E-state index in [1.165, 1.54) is 289 Å². The van der Waals surface area contributed by atoms with Gasteiger partial charge in [-0.15, -0.1) is 0 Å². The van der Waals surface area contributed by atoms with Gasteiger partial charge in [0.1, 0.15) is 11.2 Å². The van der Waals surface area contributed by atoms with Crippen molar-refractivity contribution in [2.75, 3.05) is 39.0 Å². The van der Waals surface area contributed by atoms with Crippen molar-refractivity contribution in [1.29, 1.82) is 0 Å². The minimum atomic E-state index is -3.29. The van der Waals surface area contributed by atoms with Crippen LogP contribution in [0.2, 0.25) is 0 Å². The molecule has 3 rings (SSSR count). The molecule has 0 saturated heterocycles. The second kappa shape index (κ2) is 54.3. The molecule has 0 heterocycles. The Morgan fingerprint density at radius 2 is 0.633 bits per heavy atom. The predicted molar refractivity (Wildman–Crippen MR) is 339 cm³/mol. The molecule has 472 valence electrons. The lowest BCUT2D eigenvalue weighted by Crippen LogP contribution is -2.35. The Hall–Kier alpha value is -1.63. The van der Waals surface area contributed by atoms with Gasteiger partial charge in [0.2, 0.25) is 0 Å². The van der Waals surface area contributed by atoms with Crippen LogP contribution in [0.1, 0.15) is 350 Å². The smallest absolute Gasteiger partial charge is 0.407 e. The lowest BCUT2D eigenvalue weighted by Gasteiger charge is -2.20. The number of ether oxygens (including phenoxy) is 2. The lowest BCUT2D eigenvalue weighted by molar-refractivity contribution is 0.0516. The van der Waals surface area contributed by atoms with Crippen molar-refractivity contribution in [1.82, 2.24) is 10.6 Å². The largest absolute Gasteiger partial charge is 0.444 e. The van der Waals surface area contributed by atoms with Crippen molar-refractivity contribution in [3.8, 4) is 0 Å². The molecular formula is C67H136N4O7S. The Morgan fingerprint density at radius 1 is 0.380 bits per heavy atom. The maximum atomic E-state index is 11.7. The second-order valence-corrected chi connectivity index (χ2v) is 28.1. The van der Waals surface area contributed by atoms with Crippen molar-refractivity contribution in [3.05, 3.63) is 0 Å². The first-order chi connectivity index (χ1) is 37.9. The van der Waals surface area contributed by atoms with E-state index in [9.17, 15) is 18.0 Å². The van der Waals surface area contributed by atoms with Crippen LogP contribution in [0.15, 0.2) is 0 Å². The topological polar surface area (TPSA) is 172 Å². The first-order valence-corrected chi connectivity index (χ1v) is 35.9. The van der Waals surface area contributed by atoms with Crippen molar-refractivity contribution < 1.29 is 31.7 Å². The Labute approximate surface area is 491 Å². The maximum absolute atomic E-state index is 11.7. The number of unbranched alkanes of at least 4 members (excludes halogenated alkanes) is 2. The van der Waals surface area contributed by atoms with Gasteiger partial charge in [0.15, 0.2) is 0 Å². The average Bonchev–Trinajstić information content (AvgIpc) is 3.40. The second-order valence-electron chi connectivity index (χ2n) is 26.5. The molecule has 3 fully saturated rings. The van der Waals surface area contributed by atoms with Crippen LogP contribution >= 0.6 is 0 Å². The molecule has 0 aromatic carbocycles. The van der Waals surface area contributed by atoms with Crippen LogP contribution in [0.4, 0.5) is 9.59 Å². The van der Waals surface area contributed by atoms with Crippen LogP contribution in [0.25, 0.3) is 0 Å². The maximum Gasteiger partial charge on any atom is 0.407 e. The van der Waals surface area contributed by atoms with E-state index in [0.29, 0.717) is 25.6 Å². The van der Waals surface area contributed by atoms with Crippen molar-refractivity contribution >= 4 is 22.3 Å². The summed E-state index contributed by atoms with van der Waals surface area (Å²) in [6.07, 6.45) is 67.2. The molecule has 79 heavy (non-hydrogen) atoms. The summed E-state index contributed by atoms with van der Waals surface area (Å²) in [7, 11) is -3.29. The van der Waals surface area contributed by atoms with Gasteiger partial charge >= 0.3 is 12.2 Å². The van der Waals surface area contributed by atoms with Crippen LogP contribution in [-0.2, 0) is 23.8 Å². The van der Waals surface area contributed by atoms with E-state index < -0.39 is 27.4 Å². The molecule has 2 amide bonds. The Balaban J connectivity index is 0.00000107. The summed E-state index contributed by atoms with van der Waals surface area (Å²) in [6.45, 7) is 14.0. The summed E-state index contributed by atoms with van der Waals surface area (Å²) in [5, 5.41) is 5.39. The van der Waals surface area contributed by atoms with Gasteiger partial charge in [-0.05, 0) is 91.5 Å². The fourth-order valence-electron chi connectivity index (χ4n) is 11.4. The SMILES string of the molecule is CC(C)(C)OC(=O)NCCCCC1CCCCCCCCCCCCCC1.CC(C)(C)OC(=O)NCCN.CS(=O)(=O)OCC1CCCCCCCCCCCCCC1.NCCCCC1CCCCCCCCCCCCCC1. The third kappa shape index (κ3) is 62.3. The standard InChI is InChI=1S/C24H47NO2.C19H39N.C17H34O3S.C7H16N2O2/c1-24(2,3)27-23(26)25-21-17-16-20-22-18-14-12-10-8-6-4-5-7-9-11-13-15-19-22;20-18-14-13-17-19-15-11-9-7-5-3-1-2-4-6-8-10-12-16-19;1-21(18,19)20-16-17-14-12-10-8-6-4-2-3-5-7-9-11-13-15-17;1-7(2,3)11-6(10)9-5-4-8/h22H,4-21H2,1-3H3,(H,25,26);19H,1-18,20H2;17H,2-16H2,1H3;4-5,8H2,1-3H3,(H,9,10). The van der Waals surface area contributed by atoms with E-state index in [1.807, 2.05) is 41.5 Å². The summed E-state index contributed by atoms with van der Waals surface area (Å²) >= 11 is 0. The van der Waals surface area contributed by atoms with Crippen molar-refractivity contribution in [2.24, 2.45) is 29.2 Å². The molecule has 0 aliphatic heterocycles. The molecule has 0 radical (unpaired) electrons. The molecule has 0 unspecified atom stereocenters. The third-order valence-corrected chi connectivity index (χ3v) is 16.6. The van der Waals surface area contributed by atoms with E-state index in [-0.39, 0.29) is 6.09 Å². The summed E-state index contributed by atoms with van der Waals surface area (Å²) < 4.78 is 37.6. The Bertz CT molecular complexity index is 1390. The number of hydrogen-bond donors (Lipinski definition) is 4. The molecule has 0 spiro atoms. The van der Waals surface area contributed by atoms with Gasteiger partial charge in [-0.3, -0.25) is 4.18 Å². The molecule has 6 N–H and O–H groups in total. The molecule has 3 aliphatic carbocycles. The van der Waals surface area contributed by atoms with E-state index in [0.717, 1.165) is 50.4 Å². The van der Waals surface area contributed by atoms with Gasteiger partial charge in [-0.2, -0.15) is 8.42 Å². The number of nitrogens with two attached hydrogens (primary N) is 2. The molecule has 0 aromatic heterocycles. The fraction of sp³-hybridized carbons (Fsp3) is 0.970. The van der Waals surface area contributed by atoms with Gasteiger partial charge in [-0.1, -0.05) is 283 Å². The molecule has 3 aliphatic rings. The van der Waals surface area contributed by atoms with Crippen LogP contribution < -0.4 is 22.1 Å². The zero-order valence-electron chi connectivity index (χ0n) is 53.6. The molecule has 12 heteroatoms. The van der Waals surface area contributed by atoms with Gasteiger partial charge in [0, 0.05) is 19.6 Å². The number of hydrogen-bond acceptors (Lipinski definition) is 9. The summed E-state index contributed by atoms with van der Waals surface area (Å²) in [5.41, 5.74) is 9.96. The van der Waals surface area contributed by atoms with Crippen LogP contribution in [0.3, 0.4) is 0 Å². The van der Waals surface area contributed by atoms with Crippen LogP contribution in [-0.4, -0.2) is 70.8 Å². The van der Waals surface area contributed by atoms with E-state index >= 15 is 0 Å². The molecule has 11 nitrogen and oxygen atoms in total. The van der Waals surface area contributed by atoms with Crippen LogP contribution in [0, 0.1) is 17.8 Å². The van der Waals surface area contributed by atoms with E-state index in [4.69, 9.17) is 25.1 Å². The molecule has 3 saturated carbocycles. The van der Waals surface area contributed by atoms with Crippen molar-refractivity contribution in [2.45, 2.75) is 361 Å². The van der Waals surface area contributed by atoms with Gasteiger partial charge < -0.3 is 31.6 Å². The average molecular weight is 1140 g/mol. The van der Waals surface area contributed by atoms with Gasteiger partial charge in [-0.25, -0.2) is 9.59 Å². The predicted octanol–water partition coefficient (Wildman–Crippen LogP) is 19.5. The monoisotopic (exact) mass is 1140 g/mol. The fourth-order valence-corrected chi connectivity index (χ4v) is 11.9. The number of rotatable bonds is 14. The zero-order valence-corrected chi connectivity index (χ0v) is 54.4. The number of amides is 2. The highest BCUT2D eigenvalue weighted by Crippen LogP contribution is 2.27. The highest BCUT2D eigenvalue weighted by Gasteiger charge is 2.18. The molecule has 0 aromatic rings. The highest BCUT2D eigenvalue weighted by atomic mass is 32.2. The summed E-state index contributed by atoms with van der Waals surface area (Å²) in [5.74, 6) is 2.33. The first-order valence-electron chi connectivity index (χ1n) is 34.1. The van der Waals surface area contributed by atoms with Crippen molar-refractivity contribution in [3.63, 3.8) is 0 Å². The minimum absolute atomic E-state index is 0.281. The number of carbonyl (C=O) groups is 2. The zero-order chi connectivity index (χ0) is 58.4.